The minimum Gasteiger partial charge on any atom is -0.386 e. The summed E-state index contributed by atoms with van der Waals surface area (Å²) >= 11 is 0. The molecule has 0 bridgehead atoms. The van der Waals surface area contributed by atoms with Crippen LogP contribution in [0.5, 0.6) is 0 Å². The highest BCUT2D eigenvalue weighted by atomic mass is 19.1. The van der Waals surface area contributed by atoms with Crippen LogP contribution < -0.4 is 5.73 Å². The monoisotopic (exact) mass is 362 g/mol. The molecule has 136 valence electrons. The fourth-order valence-electron chi connectivity index (χ4n) is 2.24. The summed E-state index contributed by atoms with van der Waals surface area (Å²) in [7, 11) is 0. The number of hydrogen-bond acceptors (Lipinski definition) is 5. The van der Waals surface area contributed by atoms with Crippen LogP contribution in [0.2, 0.25) is 0 Å². The first-order valence-corrected chi connectivity index (χ1v) is 7.56. The summed E-state index contributed by atoms with van der Waals surface area (Å²) in [4.78, 5) is 38.3. The first-order valence-electron chi connectivity index (χ1n) is 7.56. The maximum atomic E-state index is 14.8. The van der Waals surface area contributed by atoms with Crippen molar-refractivity contribution < 1.29 is 28.3 Å². The molecule has 3 N–H and O–H groups in total. The summed E-state index contributed by atoms with van der Waals surface area (Å²) in [6.45, 7) is 2.62. The molecule has 0 saturated carbocycles. The van der Waals surface area contributed by atoms with Gasteiger partial charge in [0.15, 0.2) is 11.6 Å². The van der Waals surface area contributed by atoms with Gasteiger partial charge in [-0.15, -0.1) is 0 Å². The minimum absolute atomic E-state index is 0.172. The zero-order chi connectivity index (χ0) is 19.6. The zero-order valence-corrected chi connectivity index (χ0v) is 14.0. The lowest BCUT2D eigenvalue weighted by atomic mass is 9.94. The number of pyridine rings is 1. The number of hydrogen-bond donors (Lipinski definition) is 2. The van der Waals surface area contributed by atoms with Crippen LogP contribution in [-0.4, -0.2) is 27.6 Å². The van der Waals surface area contributed by atoms with E-state index in [9.17, 15) is 28.3 Å². The number of aromatic nitrogens is 1. The molecule has 0 aliphatic heterocycles. The van der Waals surface area contributed by atoms with E-state index in [0.29, 0.717) is 0 Å². The quantitative estimate of drug-likeness (QED) is 0.463. The van der Waals surface area contributed by atoms with Crippen molar-refractivity contribution in [3.63, 3.8) is 0 Å². The smallest absolute Gasteiger partial charge is 0.285 e. The first kappa shape index (κ1) is 19.3. The Hall–Kier alpha value is -3.00. The molecule has 0 aliphatic rings. The Balaban J connectivity index is 2.61. The highest BCUT2D eigenvalue weighted by molar-refractivity contribution is 6.39. The molecule has 6 nitrogen and oxygen atoms in total. The van der Waals surface area contributed by atoms with Gasteiger partial charge in [-0.25, -0.2) is 13.8 Å². The number of Topliss-reactive ketones (excluding diaryl/α,β-unsaturated/α-hetero) is 2. The average molecular weight is 362 g/mol. The van der Waals surface area contributed by atoms with Crippen molar-refractivity contribution in [2.75, 3.05) is 0 Å². The molecule has 2 aromatic rings. The van der Waals surface area contributed by atoms with E-state index in [2.05, 4.69) is 4.98 Å². The Labute approximate surface area is 147 Å². The Morgan fingerprint density at radius 1 is 1.15 bits per heavy atom. The van der Waals surface area contributed by atoms with Crippen molar-refractivity contribution in [1.29, 1.82) is 0 Å². The van der Waals surface area contributed by atoms with Crippen molar-refractivity contribution in [2.24, 2.45) is 5.73 Å². The summed E-state index contributed by atoms with van der Waals surface area (Å²) in [5.41, 5.74) is 2.49. The van der Waals surface area contributed by atoms with Crippen molar-refractivity contribution in [3.8, 4) is 11.3 Å². The van der Waals surface area contributed by atoms with Gasteiger partial charge < -0.3 is 10.8 Å². The van der Waals surface area contributed by atoms with Crippen LogP contribution in [0.15, 0.2) is 30.3 Å². The van der Waals surface area contributed by atoms with Crippen LogP contribution >= 0.6 is 0 Å². The summed E-state index contributed by atoms with van der Waals surface area (Å²) in [5.74, 6) is -4.68. The maximum Gasteiger partial charge on any atom is 0.285 e. The Bertz CT molecular complexity index is 887. The van der Waals surface area contributed by atoms with Crippen molar-refractivity contribution in [3.05, 3.63) is 53.2 Å². The second-order valence-electron chi connectivity index (χ2n) is 6.17. The number of nitrogens with two attached hydrogens (primary N) is 1. The number of halogens is 2. The molecule has 0 spiro atoms. The number of rotatable bonds is 6. The largest absolute Gasteiger partial charge is 0.386 e. The predicted octanol–water partition coefficient (Wildman–Crippen LogP) is 1.88. The average Bonchev–Trinajstić information content (AvgIpc) is 2.54. The number of carbonyl (C=O) groups excluding carboxylic acids is 3. The molecular weight excluding hydrogens is 346 g/mol. The Morgan fingerprint density at radius 2 is 1.73 bits per heavy atom. The van der Waals surface area contributed by atoms with Crippen LogP contribution in [0.25, 0.3) is 11.3 Å². The standard InChI is InChI=1S/C18H16F2N2O4/c1-18(2,26)11-7-12(13(23)8-14(24)17(21)25)22-16(15(11)20)9-3-5-10(19)6-4-9/h3-7,26H,8H2,1-2H3,(H2,21,25). The number of nitrogens with zero attached hydrogens (tertiary/aromatic N) is 1. The number of ketones is 2. The second kappa shape index (κ2) is 7.09. The van der Waals surface area contributed by atoms with Crippen LogP contribution in [0.3, 0.4) is 0 Å². The lowest BCUT2D eigenvalue weighted by molar-refractivity contribution is -0.135. The van der Waals surface area contributed by atoms with Crippen LogP contribution in [0.4, 0.5) is 8.78 Å². The van der Waals surface area contributed by atoms with E-state index in [4.69, 9.17) is 5.73 Å². The maximum absolute atomic E-state index is 14.8. The molecule has 0 fully saturated rings. The molecule has 1 aromatic heterocycles. The summed E-state index contributed by atoms with van der Waals surface area (Å²) in [6, 6.07) is 5.71. The Morgan fingerprint density at radius 3 is 2.23 bits per heavy atom. The van der Waals surface area contributed by atoms with Gasteiger partial charge in [0.2, 0.25) is 5.78 Å². The van der Waals surface area contributed by atoms with Crippen molar-refractivity contribution >= 4 is 17.5 Å². The number of aliphatic hydroxyl groups is 1. The van der Waals surface area contributed by atoms with Gasteiger partial charge in [0.1, 0.15) is 17.2 Å². The molecular formula is C18H16F2N2O4. The third kappa shape index (κ3) is 4.15. The van der Waals surface area contributed by atoms with Gasteiger partial charge in [0, 0.05) is 11.1 Å². The molecule has 1 aromatic carbocycles. The summed E-state index contributed by atoms with van der Waals surface area (Å²) < 4.78 is 27.9. The number of benzene rings is 1. The van der Waals surface area contributed by atoms with Gasteiger partial charge in [-0.05, 0) is 44.2 Å². The van der Waals surface area contributed by atoms with Crippen LogP contribution in [-0.2, 0) is 15.2 Å². The summed E-state index contributed by atoms with van der Waals surface area (Å²) in [6.07, 6.45) is -0.831. The van der Waals surface area contributed by atoms with Crippen molar-refractivity contribution in [2.45, 2.75) is 25.9 Å². The van der Waals surface area contributed by atoms with E-state index in [1.165, 1.54) is 26.0 Å². The van der Waals surface area contributed by atoms with E-state index in [0.717, 1.165) is 18.2 Å². The summed E-state index contributed by atoms with van der Waals surface area (Å²) in [5, 5.41) is 10.2. The predicted molar refractivity (Wildman–Crippen MR) is 88.0 cm³/mol. The third-order valence-electron chi connectivity index (χ3n) is 3.62. The molecule has 26 heavy (non-hydrogen) atoms. The van der Waals surface area contributed by atoms with Gasteiger partial charge in [-0.3, -0.25) is 14.4 Å². The molecule has 0 saturated heterocycles. The number of primary amides is 1. The zero-order valence-electron chi connectivity index (χ0n) is 14.0. The normalized spacial score (nSPS) is 11.3. The number of carbonyl (C=O) groups is 3. The molecule has 8 heteroatoms. The SMILES string of the molecule is CC(C)(O)c1cc(C(=O)CC(=O)C(N)=O)nc(-c2ccc(F)cc2)c1F. The fraction of sp³-hybridized carbons (Fsp3) is 0.222. The number of amides is 1. The molecule has 0 radical (unpaired) electrons. The lowest BCUT2D eigenvalue weighted by Gasteiger charge is -2.21. The van der Waals surface area contributed by atoms with Gasteiger partial charge in [0.05, 0.1) is 12.0 Å². The van der Waals surface area contributed by atoms with Gasteiger partial charge in [0.25, 0.3) is 5.91 Å². The van der Waals surface area contributed by atoms with E-state index >= 15 is 0 Å². The lowest BCUT2D eigenvalue weighted by Crippen LogP contribution is -2.26. The highest BCUT2D eigenvalue weighted by Gasteiger charge is 2.27. The van der Waals surface area contributed by atoms with E-state index < -0.39 is 41.1 Å². The second-order valence-corrected chi connectivity index (χ2v) is 6.17. The van der Waals surface area contributed by atoms with E-state index in [1.807, 2.05) is 0 Å². The molecule has 0 atom stereocenters. The first-order chi connectivity index (χ1) is 12.0. The minimum atomic E-state index is -1.66. The topological polar surface area (TPSA) is 110 Å². The van der Waals surface area contributed by atoms with Crippen LogP contribution in [0, 0.1) is 11.6 Å². The van der Waals surface area contributed by atoms with E-state index in [1.54, 1.807) is 0 Å². The molecule has 1 amide bonds. The third-order valence-corrected chi connectivity index (χ3v) is 3.62. The molecule has 1 heterocycles. The van der Waals surface area contributed by atoms with Crippen LogP contribution in [0.1, 0.15) is 36.3 Å². The molecule has 0 unspecified atom stereocenters. The van der Waals surface area contributed by atoms with Gasteiger partial charge in [-0.2, -0.15) is 0 Å². The molecule has 2 rings (SSSR count). The van der Waals surface area contributed by atoms with Gasteiger partial charge in [-0.1, -0.05) is 0 Å². The fourth-order valence-corrected chi connectivity index (χ4v) is 2.24. The van der Waals surface area contributed by atoms with Gasteiger partial charge >= 0.3 is 0 Å². The van der Waals surface area contributed by atoms with Crippen molar-refractivity contribution in [1.82, 2.24) is 4.98 Å². The Kier molecular flexibility index (Phi) is 5.27. The van der Waals surface area contributed by atoms with E-state index in [-0.39, 0.29) is 22.5 Å². The molecule has 0 aliphatic carbocycles. The highest BCUT2D eigenvalue weighted by Crippen LogP contribution is 2.30.